The van der Waals surface area contributed by atoms with Gasteiger partial charge >= 0.3 is 0 Å². The Hall–Kier alpha value is -2.81. The monoisotopic (exact) mass is 434 g/mol. The third-order valence-corrected chi connectivity index (χ3v) is 6.72. The fraction of sp³-hybridized carbons (Fsp3) is 0.310. The summed E-state index contributed by atoms with van der Waals surface area (Å²) in [5.41, 5.74) is 3.75. The lowest BCUT2D eigenvalue weighted by Gasteiger charge is -2.27. The van der Waals surface area contributed by atoms with E-state index in [1.807, 2.05) is 31.2 Å². The van der Waals surface area contributed by atoms with Crippen LogP contribution < -0.4 is 0 Å². The first-order chi connectivity index (χ1) is 15.5. The second kappa shape index (κ2) is 9.77. The maximum atomic E-state index is 14.9. The van der Waals surface area contributed by atoms with Crippen molar-refractivity contribution < 1.29 is 13.2 Å². The van der Waals surface area contributed by atoms with Crippen LogP contribution in [0.4, 0.5) is 13.2 Å². The zero-order valence-electron chi connectivity index (χ0n) is 18.7. The maximum absolute atomic E-state index is 14.9. The van der Waals surface area contributed by atoms with Gasteiger partial charge in [-0.3, -0.25) is 0 Å². The molecule has 1 fully saturated rings. The van der Waals surface area contributed by atoms with E-state index in [4.69, 9.17) is 0 Å². The molecule has 0 N–H and O–H groups in total. The Kier molecular flexibility index (Phi) is 6.83. The average Bonchev–Trinajstić information content (AvgIpc) is 2.81. The Balaban J connectivity index is 1.52. The minimum absolute atomic E-state index is 0.106. The molecular formula is C29H29F3. The molecule has 1 aliphatic carbocycles. The topological polar surface area (TPSA) is 0 Å². The van der Waals surface area contributed by atoms with Gasteiger partial charge in [0.25, 0.3) is 0 Å². The summed E-state index contributed by atoms with van der Waals surface area (Å²) in [4.78, 5) is 0. The van der Waals surface area contributed by atoms with Gasteiger partial charge in [-0.1, -0.05) is 87.4 Å². The van der Waals surface area contributed by atoms with E-state index >= 15 is 0 Å². The van der Waals surface area contributed by atoms with E-state index < -0.39 is 11.6 Å². The van der Waals surface area contributed by atoms with Gasteiger partial charge in [-0.25, -0.2) is 13.2 Å². The van der Waals surface area contributed by atoms with Crippen LogP contribution in [0, 0.1) is 23.4 Å². The maximum Gasteiger partial charge on any atom is 0.166 e. The molecular weight excluding hydrogens is 405 g/mol. The fourth-order valence-electron chi connectivity index (χ4n) is 4.56. The van der Waals surface area contributed by atoms with Crippen LogP contribution in [0.25, 0.3) is 23.3 Å². The van der Waals surface area contributed by atoms with E-state index in [-0.39, 0.29) is 17.3 Å². The van der Waals surface area contributed by atoms with Gasteiger partial charge in [-0.2, -0.15) is 0 Å². The van der Waals surface area contributed by atoms with Crippen LogP contribution in [-0.2, 0) is 6.42 Å². The predicted molar refractivity (Wildman–Crippen MR) is 127 cm³/mol. The van der Waals surface area contributed by atoms with Gasteiger partial charge in [0, 0.05) is 11.1 Å². The molecule has 0 heterocycles. The van der Waals surface area contributed by atoms with Gasteiger partial charge in [0.05, 0.1) is 0 Å². The van der Waals surface area contributed by atoms with Crippen LogP contribution >= 0.6 is 0 Å². The molecule has 0 saturated heterocycles. The smallest absolute Gasteiger partial charge is 0.166 e. The highest BCUT2D eigenvalue weighted by atomic mass is 19.2. The molecule has 166 valence electrons. The zero-order valence-corrected chi connectivity index (χ0v) is 18.7. The van der Waals surface area contributed by atoms with Gasteiger partial charge in [0.2, 0.25) is 0 Å². The molecule has 1 aliphatic rings. The van der Waals surface area contributed by atoms with Gasteiger partial charge in [-0.15, -0.1) is 0 Å². The van der Waals surface area contributed by atoms with Crippen molar-refractivity contribution in [1.29, 1.82) is 0 Å². The van der Waals surface area contributed by atoms with Crippen molar-refractivity contribution in [2.24, 2.45) is 5.92 Å². The molecule has 0 spiro atoms. The predicted octanol–water partition coefficient (Wildman–Crippen LogP) is 8.80. The Morgan fingerprint density at radius 3 is 2.19 bits per heavy atom. The van der Waals surface area contributed by atoms with Crippen molar-refractivity contribution in [1.82, 2.24) is 0 Å². The van der Waals surface area contributed by atoms with Crippen molar-refractivity contribution in [2.45, 2.75) is 51.9 Å². The van der Waals surface area contributed by atoms with Gasteiger partial charge in [0.15, 0.2) is 11.6 Å². The SMILES string of the molecule is CCc1ccc(C=Cc2ccc(-c3ccc(C4CCC(C)CC4)c(F)c3F)cc2)c(F)c1. The molecule has 0 unspecified atom stereocenters. The molecule has 3 aromatic rings. The Morgan fingerprint density at radius 1 is 0.812 bits per heavy atom. The second-order valence-electron chi connectivity index (χ2n) is 8.95. The quantitative estimate of drug-likeness (QED) is 0.352. The minimum Gasteiger partial charge on any atom is -0.206 e. The summed E-state index contributed by atoms with van der Waals surface area (Å²) >= 11 is 0. The first-order valence-electron chi connectivity index (χ1n) is 11.5. The highest BCUT2D eigenvalue weighted by molar-refractivity contribution is 5.72. The Bertz CT molecular complexity index is 1100. The molecule has 0 bridgehead atoms. The van der Waals surface area contributed by atoms with Crippen LogP contribution in [0.15, 0.2) is 54.6 Å². The van der Waals surface area contributed by atoms with Gasteiger partial charge in [-0.05, 0) is 59.4 Å². The number of rotatable bonds is 5. The summed E-state index contributed by atoms with van der Waals surface area (Å²) in [5, 5.41) is 0. The van der Waals surface area contributed by atoms with E-state index in [1.165, 1.54) is 0 Å². The number of hydrogen-bond acceptors (Lipinski definition) is 0. The van der Waals surface area contributed by atoms with E-state index in [1.54, 1.807) is 42.5 Å². The summed E-state index contributed by atoms with van der Waals surface area (Å²) in [7, 11) is 0. The molecule has 0 amide bonds. The highest BCUT2D eigenvalue weighted by Crippen LogP contribution is 2.38. The van der Waals surface area contributed by atoms with Gasteiger partial charge < -0.3 is 0 Å². The molecule has 32 heavy (non-hydrogen) atoms. The first-order valence-corrected chi connectivity index (χ1v) is 11.5. The number of halogens is 3. The second-order valence-corrected chi connectivity index (χ2v) is 8.95. The van der Waals surface area contributed by atoms with Crippen molar-refractivity contribution in [3.63, 3.8) is 0 Å². The molecule has 0 atom stereocenters. The van der Waals surface area contributed by atoms with Crippen LogP contribution in [0.3, 0.4) is 0 Å². The molecule has 0 aliphatic heterocycles. The van der Waals surface area contributed by atoms with Crippen molar-refractivity contribution in [3.8, 4) is 11.1 Å². The minimum atomic E-state index is -0.775. The normalized spacial score (nSPS) is 18.9. The molecule has 3 heteroatoms. The number of aryl methyl sites for hydroxylation is 1. The van der Waals surface area contributed by atoms with E-state index in [0.29, 0.717) is 22.6 Å². The third-order valence-electron chi connectivity index (χ3n) is 6.72. The highest BCUT2D eigenvalue weighted by Gasteiger charge is 2.25. The first kappa shape index (κ1) is 22.4. The molecule has 3 aromatic carbocycles. The lowest BCUT2D eigenvalue weighted by atomic mass is 9.79. The summed E-state index contributed by atoms with van der Waals surface area (Å²) in [5.74, 6) is -0.964. The third kappa shape index (κ3) is 4.82. The van der Waals surface area contributed by atoms with E-state index in [2.05, 4.69) is 6.92 Å². The van der Waals surface area contributed by atoms with E-state index in [9.17, 15) is 13.2 Å². The summed E-state index contributed by atoms with van der Waals surface area (Å²) in [6.45, 7) is 4.21. The zero-order chi connectivity index (χ0) is 22.7. The fourth-order valence-corrected chi connectivity index (χ4v) is 4.56. The summed E-state index contributed by atoms with van der Waals surface area (Å²) in [6, 6.07) is 15.9. The molecule has 4 rings (SSSR count). The molecule has 0 nitrogen and oxygen atoms in total. The van der Waals surface area contributed by atoms with Crippen molar-refractivity contribution in [2.75, 3.05) is 0 Å². The number of benzene rings is 3. The number of hydrogen-bond donors (Lipinski definition) is 0. The van der Waals surface area contributed by atoms with Crippen LogP contribution in [-0.4, -0.2) is 0 Å². The molecule has 0 radical (unpaired) electrons. The van der Waals surface area contributed by atoms with Crippen molar-refractivity contribution >= 4 is 12.2 Å². The van der Waals surface area contributed by atoms with Gasteiger partial charge in [0.1, 0.15) is 5.82 Å². The van der Waals surface area contributed by atoms with Crippen molar-refractivity contribution in [3.05, 3.63) is 94.3 Å². The molecule has 0 aromatic heterocycles. The summed E-state index contributed by atoms with van der Waals surface area (Å²) in [6.07, 6.45) is 8.30. The Morgan fingerprint density at radius 2 is 1.53 bits per heavy atom. The van der Waals surface area contributed by atoms with Crippen LogP contribution in [0.5, 0.6) is 0 Å². The van der Waals surface area contributed by atoms with E-state index in [0.717, 1.165) is 43.2 Å². The summed E-state index contributed by atoms with van der Waals surface area (Å²) < 4.78 is 44.0. The van der Waals surface area contributed by atoms with Crippen LogP contribution in [0.1, 0.15) is 67.7 Å². The standard InChI is InChI=1S/C29H29F3/c1-3-20-6-14-24(27(30)18-20)15-9-21-7-12-23(13-8-21)26-17-16-25(28(31)29(26)32)22-10-4-19(2)5-11-22/h6-9,12-19,22H,3-5,10-11H2,1-2H3. The lowest BCUT2D eigenvalue weighted by Crippen LogP contribution is -2.13. The van der Waals surface area contributed by atoms with Crippen LogP contribution in [0.2, 0.25) is 0 Å². The largest absolute Gasteiger partial charge is 0.206 e. The Labute approximate surface area is 188 Å². The average molecular weight is 435 g/mol. The lowest BCUT2D eigenvalue weighted by molar-refractivity contribution is 0.339. The molecule has 1 saturated carbocycles.